The highest BCUT2D eigenvalue weighted by Crippen LogP contribution is 2.41. The number of unbranched alkanes of at least 4 members (excludes halogenated alkanes) is 1. The van der Waals surface area contributed by atoms with Gasteiger partial charge in [-0.25, -0.2) is 0 Å². The van der Waals surface area contributed by atoms with Crippen LogP contribution in [0.3, 0.4) is 0 Å². The zero-order valence-electron chi connectivity index (χ0n) is 17.5. The van der Waals surface area contributed by atoms with Gasteiger partial charge in [-0.1, -0.05) is 62.4 Å². The summed E-state index contributed by atoms with van der Waals surface area (Å²) in [5, 5.41) is 12.6. The third-order valence-corrected chi connectivity index (χ3v) is 5.83. The first-order valence-corrected chi connectivity index (χ1v) is 10.6. The number of ether oxygens (including phenoxy) is 1. The van der Waals surface area contributed by atoms with E-state index in [0.717, 1.165) is 44.1 Å². The number of carbonyl (C=O) groups excluding carboxylic acids is 1. The summed E-state index contributed by atoms with van der Waals surface area (Å²) in [6.07, 6.45) is 6.96. The Bertz CT molecular complexity index is 892. The number of aryl methyl sites for hydroxylation is 1. The molecule has 152 valence electrons. The first-order valence-electron chi connectivity index (χ1n) is 10.6. The summed E-state index contributed by atoms with van der Waals surface area (Å²) in [6.45, 7) is 4.75. The molecular formula is C25H30N2O2. The van der Waals surface area contributed by atoms with Crippen molar-refractivity contribution in [1.82, 2.24) is 0 Å². The minimum absolute atomic E-state index is 0.0198. The zero-order chi connectivity index (χ0) is 20.7. The van der Waals surface area contributed by atoms with Gasteiger partial charge in [0.1, 0.15) is 11.8 Å². The molecule has 1 N–H and O–H groups in total. The molecule has 0 bridgehead atoms. The second kappa shape index (κ2) is 9.60. The number of rotatable bonds is 7. The van der Waals surface area contributed by atoms with E-state index in [0.29, 0.717) is 23.6 Å². The zero-order valence-corrected chi connectivity index (χ0v) is 17.5. The number of anilines is 1. The van der Waals surface area contributed by atoms with Gasteiger partial charge < -0.3 is 10.1 Å². The molecule has 1 aliphatic carbocycles. The van der Waals surface area contributed by atoms with E-state index in [-0.39, 0.29) is 5.91 Å². The van der Waals surface area contributed by atoms with Crippen LogP contribution < -0.4 is 10.1 Å². The average Bonchev–Trinajstić information content (AvgIpc) is 2.75. The number of nitrogens with one attached hydrogen (secondary N) is 1. The van der Waals surface area contributed by atoms with Gasteiger partial charge >= 0.3 is 0 Å². The van der Waals surface area contributed by atoms with E-state index in [1.807, 2.05) is 12.1 Å². The first-order chi connectivity index (χ1) is 14.1. The van der Waals surface area contributed by atoms with Gasteiger partial charge in [0.2, 0.25) is 5.91 Å². The van der Waals surface area contributed by atoms with Crippen LogP contribution in [0.15, 0.2) is 42.5 Å². The van der Waals surface area contributed by atoms with Crippen molar-refractivity contribution in [2.75, 3.05) is 11.9 Å². The molecule has 0 saturated heterocycles. The van der Waals surface area contributed by atoms with Crippen LogP contribution in [0.25, 0.3) is 0 Å². The topological polar surface area (TPSA) is 62.1 Å². The van der Waals surface area contributed by atoms with Crippen LogP contribution in [0, 0.1) is 18.3 Å². The Hall–Kier alpha value is -2.80. The van der Waals surface area contributed by atoms with Crippen LogP contribution in [-0.2, 0) is 10.2 Å². The average molecular weight is 391 g/mol. The maximum absolute atomic E-state index is 13.5. The largest absolute Gasteiger partial charge is 0.492 e. The lowest BCUT2D eigenvalue weighted by molar-refractivity contribution is -0.122. The molecule has 4 nitrogen and oxygen atoms in total. The highest BCUT2D eigenvalue weighted by molar-refractivity contribution is 5.99. The first kappa shape index (κ1) is 20.9. The number of carbonyl (C=O) groups is 1. The number of hydrogen-bond acceptors (Lipinski definition) is 3. The highest BCUT2D eigenvalue weighted by Gasteiger charge is 2.41. The second-order valence-electron chi connectivity index (χ2n) is 7.99. The molecule has 0 unspecified atom stereocenters. The molecule has 1 amide bonds. The predicted molar refractivity (Wildman–Crippen MR) is 116 cm³/mol. The maximum atomic E-state index is 13.5. The molecule has 0 aliphatic heterocycles. The maximum Gasteiger partial charge on any atom is 0.235 e. The van der Waals surface area contributed by atoms with Gasteiger partial charge in [0.05, 0.1) is 17.6 Å². The van der Waals surface area contributed by atoms with Crippen molar-refractivity contribution in [1.29, 1.82) is 5.26 Å². The van der Waals surface area contributed by atoms with Gasteiger partial charge in [0.25, 0.3) is 0 Å². The molecule has 0 heterocycles. The summed E-state index contributed by atoms with van der Waals surface area (Å²) in [5.74, 6) is 0.594. The fraction of sp³-hybridized carbons (Fsp3) is 0.440. The SMILES string of the molecule is CCCCOc1ccc(NC(=O)C2(c3cccc(C)c3)CCCCC2)cc1C#N. The number of nitriles is 1. The molecule has 3 rings (SSSR count). The normalized spacial score (nSPS) is 15.3. The van der Waals surface area contributed by atoms with Crippen molar-refractivity contribution in [3.8, 4) is 11.8 Å². The van der Waals surface area contributed by atoms with Crippen molar-refractivity contribution in [2.24, 2.45) is 0 Å². The molecule has 0 atom stereocenters. The standard InChI is InChI=1S/C25H30N2O2/c1-3-4-15-29-23-12-11-22(17-20(23)18-26)27-24(28)25(13-6-5-7-14-25)21-10-8-9-19(2)16-21/h8-12,16-17H,3-7,13-15H2,1-2H3,(H,27,28). The summed E-state index contributed by atoms with van der Waals surface area (Å²) in [6, 6.07) is 15.8. The van der Waals surface area contributed by atoms with Crippen molar-refractivity contribution in [3.63, 3.8) is 0 Å². The number of benzene rings is 2. The Labute approximate surface area is 173 Å². The molecular weight excluding hydrogens is 360 g/mol. The summed E-state index contributed by atoms with van der Waals surface area (Å²) >= 11 is 0. The number of amides is 1. The van der Waals surface area contributed by atoms with E-state index in [4.69, 9.17) is 4.74 Å². The van der Waals surface area contributed by atoms with Crippen molar-refractivity contribution in [2.45, 2.75) is 64.2 Å². The Kier molecular flexibility index (Phi) is 6.93. The van der Waals surface area contributed by atoms with Crippen LogP contribution in [0.2, 0.25) is 0 Å². The van der Waals surface area contributed by atoms with Gasteiger partial charge in [-0.3, -0.25) is 4.79 Å². The number of nitrogens with zero attached hydrogens (tertiary/aromatic N) is 1. The third kappa shape index (κ3) is 4.79. The van der Waals surface area contributed by atoms with E-state index < -0.39 is 5.41 Å². The van der Waals surface area contributed by atoms with Gasteiger partial charge in [-0.05, 0) is 49.9 Å². The Morgan fingerprint density at radius 2 is 1.97 bits per heavy atom. The fourth-order valence-electron chi connectivity index (χ4n) is 4.14. The van der Waals surface area contributed by atoms with Gasteiger partial charge in [0.15, 0.2) is 0 Å². The van der Waals surface area contributed by atoms with E-state index in [1.54, 1.807) is 12.1 Å². The summed E-state index contributed by atoms with van der Waals surface area (Å²) in [5.41, 5.74) is 2.85. The molecule has 2 aromatic carbocycles. The van der Waals surface area contributed by atoms with E-state index >= 15 is 0 Å². The summed E-state index contributed by atoms with van der Waals surface area (Å²) in [4.78, 5) is 13.5. The fourth-order valence-corrected chi connectivity index (χ4v) is 4.14. The van der Waals surface area contributed by atoms with Crippen LogP contribution in [-0.4, -0.2) is 12.5 Å². The van der Waals surface area contributed by atoms with E-state index in [2.05, 4.69) is 43.4 Å². The number of hydrogen-bond donors (Lipinski definition) is 1. The monoisotopic (exact) mass is 390 g/mol. The Morgan fingerprint density at radius 1 is 1.17 bits per heavy atom. The molecule has 2 aromatic rings. The van der Waals surface area contributed by atoms with Gasteiger partial charge in [-0.15, -0.1) is 0 Å². The van der Waals surface area contributed by atoms with Crippen molar-refractivity contribution >= 4 is 11.6 Å². The van der Waals surface area contributed by atoms with Crippen LogP contribution >= 0.6 is 0 Å². The van der Waals surface area contributed by atoms with E-state index in [1.165, 1.54) is 12.0 Å². The molecule has 1 saturated carbocycles. The summed E-state index contributed by atoms with van der Waals surface area (Å²) in [7, 11) is 0. The third-order valence-electron chi connectivity index (χ3n) is 5.83. The molecule has 0 aromatic heterocycles. The molecule has 1 aliphatic rings. The van der Waals surface area contributed by atoms with Crippen LogP contribution in [0.5, 0.6) is 5.75 Å². The molecule has 4 heteroatoms. The van der Waals surface area contributed by atoms with Crippen molar-refractivity contribution < 1.29 is 9.53 Å². The summed E-state index contributed by atoms with van der Waals surface area (Å²) < 4.78 is 5.71. The minimum Gasteiger partial charge on any atom is -0.492 e. The van der Waals surface area contributed by atoms with E-state index in [9.17, 15) is 10.1 Å². The molecule has 1 fully saturated rings. The highest BCUT2D eigenvalue weighted by atomic mass is 16.5. The molecule has 0 spiro atoms. The lowest BCUT2D eigenvalue weighted by atomic mass is 9.68. The molecule has 0 radical (unpaired) electrons. The Balaban J connectivity index is 1.84. The molecule has 29 heavy (non-hydrogen) atoms. The minimum atomic E-state index is -0.507. The predicted octanol–water partition coefficient (Wildman–Crippen LogP) is 5.89. The Morgan fingerprint density at radius 3 is 2.66 bits per heavy atom. The smallest absolute Gasteiger partial charge is 0.235 e. The van der Waals surface area contributed by atoms with Gasteiger partial charge in [0, 0.05) is 5.69 Å². The lowest BCUT2D eigenvalue weighted by Gasteiger charge is -2.36. The quantitative estimate of drug-likeness (QED) is 0.600. The van der Waals surface area contributed by atoms with Gasteiger partial charge in [-0.2, -0.15) is 5.26 Å². The second-order valence-corrected chi connectivity index (χ2v) is 7.99. The van der Waals surface area contributed by atoms with Crippen molar-refractivity contribution in [3.05, 3.63) is 59.2 Å². The van der Waals surface area contributed by atoms with Crippen LogP contribution in [0.4, 0.5) is 5.69 Å². The van der Waals surface area contributed by atoms with Crippen LogP contribution in [0.1, 0.15) is 68.6 Å². The lowest BCUT2D eigenvalue weighted by Crippen LogP contribution is -2.42.